The molecule has 24 heavy (non-hydrogen) atoms. The van der Waals surface area contributed by atoms with E-state index in [0.717, 1.165) is 0 Å². The average molecular weight is 365 g/mol. The molecule has 0 amide bonds. The molecule has 9 heteroatoms. The number of carbonyl (C=O) groups is 2. The molecule has 0 radical (unpaired) electrons. The molecule has 0 aromatic heterocycles. The van der Waals surface area contributed by atoms with Crippen LogP contribution >= 0.6 is 7.60 Å². The lowest BCUT2D eigenvalue weighted by molar-refractivity contribution is -0.146. The SMILES string of the molecule is CCOC(=O)C(C(=O)OCC)=C(CP(=O)(OC)OC)NC(C)(C)C. The first kappa shape index (κ1) is 22.6. The Balaban J connectivity index is 6.15. The van der Waals surface area contributed by atoms with Crippen molar-refractivity contribution < 1.29 is 32.7 Å². The predicted molar refractivity (Wildman–Crippen MR) is 89.7 cm³/mol. The molecule has 0 aromatic carbocycles. The standard InChI is InChI=1S/C15H28NO7P/c1-8-22-13(17)12(14(18)23-9-2)11(16-15(3,4)5)10-24(19,20-6)21-7/h16H,8-10H2,1-7H3. The second kappa shape index (κ2) is 9.81. The van der Waals surface area contributed by atoms with Gasteiger partial charge < -0.3 is 23.8 Å². The summed E-state index contributed by atoms with van der Waals surface area (Å²) in [6, 6.07) is 0. The van der Waals surface area contributed by atoms with Gasteiger partial charge in [-0.25, -0.2) is 9.59 Å². The molecule has 0 saturated carbocycles. The van der Waals surface area contributed by atoms with Crippen molar-refractivity contribution in [2.75, 3.05) is 33.6 Å². The third-order valence-corrected chi connectivity index (χ3v) is 4.51. The van der Waals surface area contributed by atoms with Crippen molar-refractivity contribution in [2.45, 2.75) is 40.2 Å². The number of hydrogen-bond acceptors (Lipinski definition) is 8. The van der Waals surface area contributed by atoms with E-state index in [1.54, 1.807) is 13.8 Å². The fourth-order valence-corrected chi connectivity index (χ4v) is 2.80. The van der Waals surface area contributed by atoms with Crippen molar-refractivity contribution in [3.8, 4) is 0 Å². The molecule has 0 fully saturated rings. The van der Waals surface area contributed by atoms with E-state index in [2.05, 4.69) is 5.32 Å². The Kier molecular flexibility index (Phi) is 9.25. The minimum Gasteiger partial charge on any atom is -0.462 e. The van der Waals surface area contributed by atoms with Gasteiger partial charge in [0.25, 0.3) is 0 Å². The van der Waals surface area contributed by atoms with E-state index in [4.69, 9.17) is 18.5 Å². The van der Waals surface area contributed by atoms with Gasteiger partial charge in [-0.3, -0.25) is 4.57 Å². The second-order valence-corrected chi connectivity index (χ2v) is 8.07. The summed E-state index contributed by atoms with van der Waals surface area (Å²) in [4.78, 5) is 24.5. The molecular formula is C15H28NO7P. The molecule has 0 bridgehead atoms. The van der Waals surface area contributed by atoms with Crippen molar-refractivity contribution in [3.63, 3.8) is 0 Å². The summed E-state index contributed by atoms with van der Waals surface area (Å²) in [5, 5.41) is 3.01. The zero-order chi connectivity index (χ0) is 19.0. The van der Waals surface area contributed by atoms with Gasteiger partial charge in [0, 0.05) is 25.5 Å². The summed E-state index contributed by atoms with van der Waals surface area (Å²) in [7, 11) is -1.07. The van der Waals surface area contributed by atoms with E-state index >= 15 is 0 Å². The summed E-state index contributed by atoms with van der Waals surface area (Å²) >= 11 is 0. The first-order valence-electron chi connectivity index (χ1n) is 7.59. The first-order chi connectivity index (χ1) is 11.0. The van der Waals surface area contributed by atoms with Gasteiger partial charge in [0.1, 0.15) is 0 Å². The van der Waals surface area contributed by atoms with Crippen LogP contribution in [0.4, 0.5) is 0 Å². The average Bonchev–Trinajstić information content (AvgIpc) is 2.46. The Morgan fingerprint density at radius 1 is 0.958 bits per heavy atom. The molecule has 0 atom stereocenters. The minimum atomic E-state index is -3.53. The van der Waals surface area contributed by atoms with Crippen molar-refractivity contribution in [1.29, 1.82) is 0 Å². The van der Waals surface area contributed by atoms with Crippen LogP contribution in [0.25, 0.3) is 0 Å². The largest absolute Gasteiger partial charge is 0.462 e. The lowest BCUT2D eigenvalue weighted by Gasteiger charge is -2.27. The number of esters is 2. The van der Waals surface area contributed by atoms with Crippen LogP contribution in [0.5, 0.6) is 0 Å². The van der Waals surface area contributed by atoms with Crippen molar-refractivity contribution >= 4 is 19.5 Å². The van der Waals surface area contributed by atoms with Crippen LogP contribution in [-0.2, 0) is 32.7 Å². The number of rotatable bonds is 9. The summed E-state index contributed by atoms with van der Waals surface area (Å²) in [6.45, 7) is 8.87. The van der Waals surface area contributed by atoms with Gasteiger partial charge in [-0.1, -0.05) is 0 Å². The topological polar surface area (TPSA) is 100 Å². The number of carbonyl (C=O) groups excluding carboxylic acids is 2. The Morgan fingerprint density at radius 2 is 1.38 bits per heavy atom. The number of ether oxygens (including phenoxy) is 2. The predicted octanol–water partition coefficient (Wildman–Crippen LogP) is 2.24. The van der Waals surface area contributed by atoms with Crippen molar-refractivity contribution in [2.24, 2.45) is 0 Å². The molecule has 0 aliphatic rings. The van der Waals surface area contributed by atoms with Gasteiger partial charge in [-0.05, 0) is 34.6 Å². The van der Waals surface area contributed by atoms with Crippen LogP contribution in [0, 0.1) is 0 Å². The van der Waals surface area contributed by atoms with Crippen LogP contribution in [0.2, 0.25) is 0 Å². The maximum absolute atomic E-state index is 12.5. The zero-order valence-corrected chi connectivity index (χ0v) is 16.3. The number of nitrogens with one attached hydrogen (secondary N) is 1. The molecule has 140 valence electrons. The molecular weight excluding hydrogens is 337 g/mol. The molecule has 0 aliphatic heterocycles. The van der Waals surface area contributed by atoms with Gasteiger partial charge in [0.15, 0.2) is 5.57 Å². The lowest BCUT2D eigenvalue weighted by atomic mass is 10.1. The highest BCUT2D eigenvalue weighted by molar-refractivity contribution is 7.54. The fourth-order valence-electron chi connectivity index (χ4n) is 1.77. The maximum atomic E-state index is 12.5. The van der Waals surface area contributed by atoms with E-state index in [9.17, 15) is 14.2 Å². The van der Waals surface area contributed by atoms with Crippen LogP contribution in [-0.4, -0.2) is 51.1 Å². The Bertz CT molecular complexity index is 494. The summed E-state index contributed by atoms with van der Waals surface area (Å²) in [6.07, 6.45) is -0.301. The van der Waals surface area contributed by atoms with E-state index < -0.39 is 25.1 Å². The highest BCUT2D eigenvalue weighted by Crippen LogP contribution is 2.48. The van der Waals surface area contributed by atoms with E-state index in [-0.39, 0.29) is 30.6 Å². The van der Waals surface area contributed by atoms with Crippen molar-refractivity contribution in [1.82, 2.24) is 5.32 Å². The summed E-state index contributed by atoms with van der Waals surface area (Å²) in [5.41, 5.74) is -0.777. The molecule has 0 unspecified atom stereocenters. The zero-order valence-electron chi connectivity index (χ0n) is 15.4. The molecule has 0 heterocycles. The number of allylic oxidation sites excluding steroid dienone is 1. The Hall–Kier alpha value is -1.37. The van der Waals surface area contributed by atoms with Gasteiger partial charge in [-0.15, -0.1) is 0 Å². The summed E-state index contributed by atoms with van der Waals surface area (Å²) < 4.78 is 32.2. The lowest BCUT2D eigenvalue weighted by Crippen LogP contribution is -2.39. The second-order valence-electron chi connectivity index (χ2n) is 5.80. The van der Waals surface area contributed by atoms with Crippen LogP contribution in [0.1, 0.15) is 34.6 Å². The quantitative estimate of drug-likeness (QED) is 0.218. The molecule has 0 saturated heterocycles. The maximum Gasteiger partial charge on any atom is 0.347 e. The van der Waals surface area contributed by atoms with E-state index in [0.29, 0.717) is 0 Å². The fraction of sp³-hybridized carbons (Fsp3) is 0.733. The third-order valence-electron chi connectivity index (χ3n) is 2.69. The van der Waals surface area contributed by atoms with Gasteiger partial charge in [0.05, 0.1) is 19.4 Å². The summed E-state index contributed by atoms with van der Waals surface area (Å²) in [5.74, 6) is -1.72. The first-order valence-corrected chi connectivity index (χ1v) is 9.32. The van der Waals surface area contributed by atoms with Crippen LogP contribution < -0.4 is 5.32 Å². The van der Waals surface area contributed by atoms with E-state index in [1.807, 2.05) is 20.8 Å². The number of hydrogen-bond donors (Lipinski definition) is 1. The van der Waals surface area contributed by atoms with E-state index in [1.165, 1.54) is 14.2 Å². The molecule has 0 aromatic rings. The van der Waals surface area contributed by atoms with Crippen molar-refractivity contribution in [3.05, 3.63) is 11.3 Å². The van der Waals surface area contributed by atoms with Gasteiger partial charge in [-0.2, -0.15) is 0 Å². The van der Waals surface area contributed by atoms with Gasteiger partial charge >= 0.3 is 19.5 Å². The van der Waals surface area contributed by atoms with Crippen LogP contribution in [0.15, 0.2) is 11.3 Å². The third kappa shape index (κ3) is 7.47. The normalized spacial score (nSPS) is 11.6. The van der Waals surface area contributed by atoms with Crippen LogP contribution in [0.3, 0.4) is 0 Å². The minimum absolute atomic E-state index is 0.0801. The molecule has 0 rings (SSSR count). The highest BCUT2D eigenvalue weighted by Gasteiger charge is 2.33. The monoisotopic (exact) mass is 365 g/mol. The Morgan fingerprint density at radius 3 is 1.67 bits per heavy atom. The highest BCUT2D eigenvalue weighted by atomic mass is 31.2. The molecule has 1 N–H and O–H groups in total. The molecule has 0 aliphatic carbocycles. The van der Waals surface area contributed by atoms with Gasteiger partial charge in [0.2, 0.25) is 0 Å². The molecule has 8 nitrogen and oxygen atoms in total. The Labute approximate surface area is 143 Å². The smallest absolute Gasteiger partial charge is 0.347 e. The molecule has 0 spiro atoms.